The molecule has 0 fully saturated rings. The van der Waals surface area contributed by atoms with Crippen LogP contribution in [0.25, 0.3) is 77.4 Å². The van der Waals surface area contributed by atoms with Crippen LogP contribution in [0.3, 0.4) is 0 Å². The van der Waals surface area contributed by atoms with Crippen molar-refractivity contribution in [3.63, 3.8) is 0 Å². The van der Waals surface area contributed by atoms with E-state index in [9.17, 15) is 0 Å². The Labute approximate surface area is 378 Å². The van der Waals surface area contributed by atoms with Gasteiger partial charge in [0.25, 0.3) is 0 Å². The summed E-state index contributed by atoms with van der Waals surface area (Å²) >= 11 is 0. The van der Waals surface area contributed by atoms with Gasteiger partial charge in [0.2, 0.25) is 0 Å². The number of allylic oxidation sites excluding steroid dienone is 6. The van der Waals surface area contributed by atoms with Crippen molar-refractivity contribution in [3.05, 3.63) is 247 Å². The number of hydrogen-bond donors (Lipinski definition) is 0. The smallest absolute Gasteiger partial charge is 0.179 e. The largest absolute Gasteiger partial charge is 0.452 e. The number of para-hydroxylation sites is 2. The quantitative estimate of drug-likeness (QED) is 0.0999. The van der Waals surface area contributed by atoms with Gasteiger partial charge >= 0.3 is 0 Å². The van der Waals surface area contributed by atoms with Crippen molar-refractivity contribution in [1.29, 1.82) is 0 Å². The van der Waals surface area contributed by atoms with Gasteiger partial charge in [0.15, 0.2) is 5.76 Å². The lowest BCUT2D eigenvalue weighted by Gasteiger charge is -2.11. The molecule has 0 unspecified atom stereocenters. The second-order valence-corrected chi connectivity index (χ2v) is 16.2. The lowest BCUT2D eigenvalue weighted by Crippen LogP contribution is -2.05. The van der Waals surface area contributed by atoms with Crippen LogP contribution in [-0.4, -0.2) is 21.6 Å². The molecule has 5 heteroatoms. The summed E-state index contributed by atoms with van der Waals surface area (Å²) in [5, 5.41) is 4.79. The first-order chi connectivity index (χ1) is 32.1. The standard InChI is InChI=1S/C60H44N4O/c1-4-6-20-41(5-2)43-23-17-24-46(35-43)63-53-27-15-13-25-48(53)50-36-44(29-32-55(50)63)45-30-33-56-51(37-45)49-26-14-16-28-54(49)64(56)47-31-34-57-52(38-47)59(62-39-40-18-9-7-10-19-40)60(65-57)58(61-3)42-21-11-8-12-22-42/h4-38H,1,3,39H2,2H3/b20-6-,41-5+,60-58+,62-59?. The van der Waals surface area contributed by atoms with Crippen LogP contribution in [0.1, 0.15) is 29.2 Å². The second-order valence-electron chi connectivity index (χ2n) is 16.2. The number of nitrogens with zero attached hydrogens (tertiary/aromatic N) is 4. The van der Waals surface area contributed by atoms with Crippen LogP contribution in [0.15, 0.2) is 235 Å². The van der Waals surface area contributed by atoms with Gasteiger partial charge in [-0.15, -0.1) is 0 Å². The molecule has 2 aromatic heterocycles. The summed E-state index contributed by atoms with van der Waals surface area (Å²) in [6.45, 7) is 10.4. The first-order valence-electron chi connectivity index (χ1n) is 21.9. The molecule has 5 nitrogen and oxygen atoms in total. The average Bonchev–Trinajstić information content (AvgIpc) is 4.01. The monoisotopic (exact) mass is 836 g/mol. The molecule has 0 bridgehead atoms. The minimum atomic E-state index is 0.495. The minimum absolute atomic E-state index is 0.495. The highest BCUT2D eigenvalue weighted by molar-refractivity contribution is 6.20. The molecule has 0 saturated carbocycles. The third-order valence-electron chi connectivity index (χ3n) is 12.4. The van der Waals surface area contributed by atoms with Crippen LogP contribution in [0.4, 0.5) is 0 Å². The predicted molar refractivity (Wildman–Crippen MR) is 274 cm³/mol. The maximum atomic E-state index is 6.64. The van der Waals surface area contributed by atoms with E-state index in [-0.39, 0.29) is 0 Å². The molecule has 1 aliphatic rings. The van der Waals surface area contributed by atoms with E-state index < -0.39 is 0 Å². The van der Waals surface area contributed by atoms with Gasteiger partial charge in [0.05, 0.1) is 28.6 Å². The molecular weight excluding hydrogens is 793 g/mol. The number of rotatable bonds is 10. The Balaban J connectivity index is 1.02. The van der Waals surface area contributed by atoms with Crippen molar-refractivity contribution in [2.45, 2.75) is 13.5 Å². The first-order valence-corrected chi connectivity index (χ1v) is 21.9. The van der Waals surface area contributed by atoms with Crippen molar-refractivity contribution >= 4 is 67.3 Å². The van der Waals surface area contributed by atoms with E-state index in [2.05, 4.69) is 186 Å². The lowest BCUT2D eigenvalue weighted by atomic mass is 10.0. The van der Waals surface area contributed by atoms with Crippen LogP contribution in [0, 0.1) is 0 Å². The topological polar surface area (TPSA) is 43.8 Å². The fraction of sp³-hybridized carbons (Fsp3) is 0.0333. The zero-order chi connectivity index (χ0) is 43.9. The van der Waals surface area contributed by atoms with E-state index in [4.69, 9.17) is 9.73 Å². The average molecular weight is 837 g/mol. The second kappa shape index (κ2) is 16.6. The number of hydrogen-bond acceptors (Lipinski definition) is 3. The highest BCUT2D eigenvalue weighted by Gasteiger charge is 2.30. The summed E-state index contributed by atoms with van der Waals surface area (Å²) in [5.74, 6) is 1.34. The molecule has 0 atom stereocenters. The van der Waals surface area contributed by atoms with Gasteiger partial charge in [-0.05, 0) is 108 Å². The van der Waals surface area contributed by atoms with Crippen molar-refractivity contribution in [1.82, 2.24) is 9.13 Å². The van der Waals surface area contributed by atoms with Gasteiger partial charge in [0, 0.05) is 44.0 Å². The fourth-order valence-electron chi connectivity index (χ4n) is 9.39. The van der Waals surface area contributed by atoms with Gasteiger partial charge in [-0.2, -0.15) is 0 Å². The molecule has 65 heavy (non-hydrogen) atoms. The van der Waals surface area contributed by atoms with Crippen molar-refractivity contribution in [2.75, 3.05) is 0 Å². The molecule has 1 aliphatic heterocycles. The third-order valence-corrected chi connectivity index (χ3v) is 12.4. The molecule has 0 aliphatic carbocycles. The van der Waals surface area contributed by atoms with Crippen molar-refractivity contribution in [2.24, 2.45) is 9.98 Å². The molecule has 10 aromatic rings. The summed E-state index contributed by atoms with van der Waals surface area (Å²) in [6, 6.07) is 66.6. The highest BCUT2D eigenvalue weighted by atomic mass is 16.5. The van der Waals surface area contributed by atoms with E-state index >= 15 is 0 Å². The van der Waals surface area contributed by atoms with Crippen molar-refractivity contribution in [3.8, 4) is 28.3 Å². The number of aliphatic imine (C=N–C) groups is 2. The van der Waals surface area contributed by atoms with Gasteiger partial charge in [0.1, 0.15) is 17.2 Å². The van der Waals surface area contributed by atoms with Crippen LogP contribution in [-0.2, 0) is 6.54 Å². The summed E-state index contributed by atoms with van der Waals surface area (Å²) in [5.41, 5.74) is 15.7. The number of benzene rings is 8. The minimum Gasteiger partial charge on any atom is -0.452 e. The molecule has 0 N–H and O–H groups in total. The fourth-order valence-corrected chi connectivity index (χ4v) is 9.39. The molecule has 310 valence electrons. The Hall–Kier alpha value is -8.54. The predicted octanol–water partition coefficient (Wildman–Crippen LogP) is 15.1. The van der Waals surface area contributed by atoms with Gasteiger partial charge in [-0.1, -0.05) is 152 Å². The van der Waals surface area contributed by atoms with Gasteiger partial charge in [-0.3, -0.25) is 9.98 Å². The number of fused-ring (bicyclic) bond motifs is 7. The van der Waals surface area contributed by atoms with Crippen molar-refractivity contribution < 1.29 is 4.74 Å². The maximum absolute atomic E-state index is 6.64. The number of aromatic nitrogens is 2. The van der Waals surface area contributed by atoms with Crippen LogP contribution in [0.5, 0.6) is 5.75 Å². The Kier molecular flexibility index (Phi) is 10.1. The Morgan fingerprint density at radius 2 is 1.15 bits per heavy atom. The van der Waals surface area contributed by atoms with Crippen LogP contribution < -0.4 is 4.74 Å². The maximum Gasteiger partial charge on any atom is 0.179 e. The van der Waals surface area contributed by atoms with E-state index in [0.29, 0.717) is 18.0 Å². The molecule has 0 amide bonds. The van der Waals surface area contributed by atoms with Gasteiger partial charge in [-0.25, -0.2) is 0 Å². The SMILES string of the molecule is C=C/C=C\C(=C/C)c1cccc(-n2c3ccccc3c3cc(-c4ccc5c(c4)c4ccccc4n5-c4ccc5c(c4)C(=NCc4ccccc4)/C(=C(\N=C)c4ccccc4)O5)ccc32)c1. The summed E-state index contributed by atoms with van der Waals surface area (Å²) in [6.07, 6.45) is 8.04. The molecule has 0 saturated heterocycles. The Morgan fingerprint density at radius 1 is 0.569 bits per heavy atom. The molecule has 3 heterocycles. The van der Waals surface area contributed by atoms with E-state index in [0.717, 1.165) is 72.8 Å². The van der Waals surface area contributed by atoms with Crippen LogP contribution >= 0.6 is 0 Å². The Bertz CT molecular complexity index is 3640. The molecule has 11 rings (SSSR count). The zero-order valence-corrected chi connectivity index (χ0v) is 36.0. The lowest BCUT2D eigenvalue weighted by molar-refractivity contribution is 0.470. The number of ether oxygens (including phenoxy) is 1. The summed E-state index contributed by atoms with van der Waals surface area (Å²) in [4.78, 5) is 9.71. The molecular formula is C60H44N4O. The molecule has 0 radical (unpaired) electrons. The van der Waals surface area contributed by atoms with E-state index in [1.54, 1.807) is 0 Å². The summed E-state index contributed by atoms with van der Waals surface area (Å²) in [7, 11) is 0. The summed E-state index contributed by atoms with van der Waals surface area (Å²) < 4.78 is 11.4. The molecule has 8 aromatic carbocycles. The normalized spacial score (nSPS) is 14.2. The third kappa shape index (κ3) is 6.91. The molecule has 0 spiro atoms. The Morgan fingerprint density at radius 3 is 1.78 bits per heavy atom. The first kappa shape index (κ1) is 39.3. The van der Waals surface area contributed by atoms with Gasteiger partial charge < -0.3 is 13.9 Å². The zero-order valence-electron chi connectivity index (χ0n) is 36.0. The highest BCUT2D eigenvalue weighted by Crippen LogP contribution is 2.41. The van der Waals surface area contributed by atoms with Crippen LogP contribution in [0.2, 0.25) is 0 Å². The van der Waals surface area contributed by atoms with E-state index in [1.807, 2.05) is 60.7 Å². The van der Waals surface area contributed by atoms with E-state index in [1.165, 1.54) is 32.6 Å².